The van der Waals surface area contributed by atoms with Gasteiger partial charge in [-0.3, -0.25) is 4.79 Å². The largest absolute Gasteiger partial charge is 0.294 e. The highest BCUT2D eigenvalue weighted by molar-refractivity contribution is 7.17. The summed E-state index contributed by atoms with van der Waals surface area (Å²) in [5, 5.41) is 1.54. The van der Waals surface area contributed by atoms with Crippen molar-refractivity contribution in [2.45, 2.75) is 25.7 Å². The third-order valence-corrected chi connectivity index (χ3v) is 4.58. The highest BCUT2D eigenvalue weighted by atomic mass is 35.5. The maximum atomic E-state index is 11.7. The predicted molar refractivity (Wildman–Crippen MR) is 74.5 cm³/mol. The van der Waals surface area contributed by atoms with Crippen LogP contribution in [0.25, 0.3) is 10.6 Å². The van der Waals surface area contributed by atoms with Gasteiger partial charge in [-0.05, 0) is 18.9 Å². The Hall–Kier alpha value is -1.19. The zero-order valence-electron chi connectivity index (χ0n) is 9.94. The molecule has 3 rings (SSSR count). The molecular formula is C14H12ClNOS. The van der Waals surface area contributed by atoms with E-state index >= 15 is 0 Å². The number of Topliss-reactive ketones (excluding diaryl/α,β-unsaturated/α-hetero) is 1. The number of nitrogens with zero attached hydrogens (tertiary/aromatic N) is 1. The van der Waals surface area contributed by atoms with Crippen molar-refractivity contribution in [1.29, 1.82) is 0 Å². The van der Waals surface area contributed by atoms with Crippen LogP contribution in [-0.4, -0.2) is 10.8 Å². The molecule has 0 radical (unpaired) electrons. The van der Waals surface area contributed by atoms with Crippen molar-refractivity contribution >= 4 is 28.7 Å². The molecule has 0 saturated heterocycles. The SMILES string of the molecule is CC(=O)c1sc(-c2ccccc2Cl)nc1C1CC1. The first-order valence-electron chi connectivity index (χ1n) is 5.93. The lowest BCUT2D eigenvalue weighted by Crippen LogP contribution is -1.93. The summed E-state index contributed by atoms with van der Waals surface area (Å²) in [6.45, 7) is 1.61. The normalized spacial score (nSPS) is 14.8. The van der Waals surface area contributed by atoms with Crippen LogP contribution in [-0.2, 0) is 0 Å². The Bertz CT molecular complexity index is 616. The molecule has 1 aromatic carbocycles. The van der Waals surface area contributed by atoms with E-state index in [1.807, 2.05) is 24.3 Å². The molecule has 4 heteroatoms. The molecule has 92 valence electrons. The zero-order chi connectivity index (χ0) is 12.7. The van der Waals surface area contributed by atoms with Crippen molar-refractivity contribution < 1.29 is 4.79 Å². The van der Waals surface area contributed by atoms with Crippen LogP contribution in [0.15, 0.2) is 24.3 Å². The van der Waals surface area contributed by atoms with Crippen molar-refractivity contribution in [2.24, 2.45) is 0 Å². The second-order valence-electron chi connectivity index (χ2n) is 4.54. The van der Waals surface area contributed by atoms with E-state index in [9.17, 15) is 4.79 Å². The third-order valence-electron chi connectivity index (χ3n) is 3.04. The highest BCUT2D eigenvalue weighted by Crippen LogP contribution is 2.44. The van der Waals surface area contributed by atoms with Gasteiger partial charge < -0.3 is 0 Å². The summed E-state index contributed by atoms with van der Waals surface area (Å²) in [7, 11) is 0. The minimum absolute atomic E-state index is 0.104. The van der Waals surface area contributed by atoms with Gasteiger partial charge in [0.05, 0.1) is 15.6 Å². The van der Waals surface area contributed by atoms with Gasteiger partial charge in [-0.1, -0.05) is 29.8 Å². The van der Waals surface area contributed by atoms with Crippen LogP contribution in [0.3, 0.4) is 0 Å². The highest BCUT2D eigenvalue weighted by Gasteiger charge is 2.31. The number of halogens is 1. The number of carbonyl (C=O) groups is 1. The van der Waals surface area contributed by atoms with E-state index in [0.29, 0.717) is 10.9 Å². The van der Waals surface area contributed by atoms with Gasteiger partial charge >= 0.3 is 0 Å². The summed E-state index contributed by atoms with van der Waals surface area (Å²) in [5.41, 5.74) is 1.89. The molecular weight excluding hydrogens is 266 g/mol. The second kappa shape index (κ2) is 4.48. The summed E-state index contributed by atoms with van der Waals surface area (Å²) in [6.07, 6.45) is 2.29. The molecule has 0 atom stereocenters. The average Bonchev–Trinajstić information content (AvgIpc) is 3.09. The van der Waals surface area contributed by atoms with Crippen LogP contribution < -0.4 is 0 Å². The quantitative estimate of drug-likeness (QED) is 0.771. The molecule has 0 N–H and O–H groups in total. The fourth-order valence-electron chi connectivity index (χ4n) is 1.97. The van der Waals surface area contributed by atoms with Gasteiger partial charge in [-0.25, -0.2) is 4.98 Å². The molecule has 0 spiro atoms. The lowest BCUT2D eigenvalue weighted by molar-refractivity contribution is 0.102. The molecule has 1 saturated carbocycles. The van der Waals surface area contributed by atoms with Crippen molar-refractivity contribution in [3.8, 4) is 10.6 Å². The average molecular weight is 278 g/mol. The summed E-state index contributed by atoms with van der Waals surface area (Å²) in [4.78, 5) is 17.1. The van der Waals surface area contributed by atoms with E-state index in [1.165, 1.54) is 11.3 Å². The van der Waals surface area contributed by atoms with Gasteiger partial charge in [-0.15, -0.1) is 11.3 Å². The first-order chi connectivity index (χ1) is 8.66. The number of carbonyl (C=O) groups excluding carboxylic acids is 1. The minimum atomic E-state index is 0.104. The first-order valence-corrected chi connectivity index (χ1v) is 7.13. The van der Waals surface area contributed by atoms with Crippen LogP contribution in [0, 0.1) is 0 Å². The Balaban J connectivity index is 2.11. The fourth-order valence-corrected chi connectivity index (χ4v) is 3.33. The van der Waals surface area contributed by atoms with Crippen molar-refractivity contribution in [2.75, 3.05) is 0 Å². The van der Waals surface area contributed by atoms with Gasteiger partial charge in [0, 0.05) is 18.4 Å². The van der Waals surface area contributed by atoms with E-state index < -0.39 is 0 Å². The van der Waals surface area contributed by atoms with E-state index in [1.54, 1.807) is 6.92 Å². The molecule has 2 nitrogen and oxygen atoms in total. The molecule has 1 aliphatic carbocycles. The molecule has 1 fully saturated rings. The van der Waals surface area contributed by atoms with Crippen LogP contribution in [0.5, 0.6) is 0 Å². The lowest BCUT2D eigenvalue weighted by Gasteiger charge is -1.98. The lowest BCUT2D eigenvalue weighted by atomic mass is 10.2. The molecule has 0 bridgehead atoms. The summed E-state index contributed by atoms with van der Waals surface area (Å²) >= 11 is 7.63. The van der Waals surface area contributed by atoms with E-state index in [4.69, 9.17) is 11.6 Å². The van der Waals surface area contributed by atoms with E-state index in [2.05, 4.69) is 4.98 Å². The minimum Gasteiger partial charge on any atom is -0.294 e. The Morgan fingerprint density at radius 3 is 2.72 bits per heavy atom. The van der Waals surface area contributed by atoms with Crippen molar-refractivity contribution in [3.63, 3.8) is 0 Å². The summed E-state index contributed by atoms with van der Waals surface area (Å²) < 4.78 is 0. The van der Waals surface area contributed by atoms with Crippen molar-refractivity contribution in [3.05, 3.63) is 39.9 Å². The Labute approximate surface area is 115 Å². The van der Waals surface area contributed by atoms with Gasteiger partial charge in [-0.2, -0.15) is 0 Å². The number of benzene rings is 1. The Morgan fingerprint density at radius 1 is 1.39 bits per heavy atom. The summed E-state index contributed by atoms with van der Waals surface area (Å²) in [6, 6.07) is 7.63. The molecule has 0 aliphatic heterocycles. The number of ketones is 1. The molecule has 0 unspecified atom stereocenters. The monoisotopic (exact) mass is 277 g/mol. The molecule has 2 aromatic rings. The Kier molecular flexibility index (Phi) is 2.96. The van der Waals surface area contributed by atoms with Gasteiger partial charge in [0.25, 0.3) is 0 Å². The number of hydrogen-bond acceptors (Lipinski definition) is 3. The number of hydrogen-bond donors (Lipinski definition) is 0. The van der Waals surface area contributed by atoms with Crippen LogP contribution in [0.2, 0.25) is 5.02 Å². The zero-order valence-corrected chi connectivity index (χ0v) is 11.5. The standard InChI is InChI=1S/C14H12ClNOS/c1-8(17)13-12(9-6-7-9)16-14(18-13)10-4-2-3-5-11(10)15/h2-5,9H,6-7H2,1H3. The van der Waals surface area contributed by atoms with Gasteiger partial charge in [0.2, 0.25) is 0 Å². The first kappa shape index (κ1) is 11.9. The molecule has 1 aliphatic rings. The van der Waals surface area contributed by atoms with Crippen LogP contribution >= 0.6 is 22.9 Å². The van der Waals surface area contributed by atoms with E-state index in [-0.39, 0.29) is 5.78 Å². The van der Waals surface area contributed by atoms with E-state index in [0.717, 1.165) is 34.0 Å². The maximum Gasteiger partial charge on any atom is 0.171 e. The van der Waals surface area contributed by atoms with Crippen LogP contribution in [0.1, 0.15) is 41.0 Å². The smallest absolute Gasteiger partial charge is 0.171 e. The van der Waals surface area contributed by atoms with Crippen molar-refractivity contribution in [1.82, 2.24) is 4.98 Å². The van der Waals surface area contributed by atoms with Gasteiger partial charge in [0.1, 0.15) is 5.01 Å². The summed E-state index contributed by atoms with van der Waals surface area (Å²) in [5.74, 6) is 0.587. The topological polar surface area (TPSA) is 30.0 Å². The third kappa shape index (κ3) is 2.08. The molecule has 1 aromatic heterocycles. The molecule has 18 heavy (non-hydrogen) atoms. The fraction of sp³-hybridized carbons (Fsp3) is 0.286. The predicted octanol–water partition coefficient (Wildman–Crippen LogP) is 4.54. The Morgan fingerprint density at radius 2 is 2.11 bits per heavy atom. The maximum absolute atomic E-state index is 11.7. The molecule has 0 amide bonds. The number of thiazole rings is 1. The number of aromatic nitrogens is 1. The van der Waals surface area contributed by atoms with Crippen LogP contribution in [0.4, 0.5) is 0 Å². The van der Waals surface area contributed by atoms with Gasteiger partial charge in [0.15, 0.2) is 5.78 Å². The number of rotatable bonds is 3. The second-order valence-corrected chi connectivity index (χ2v) is 5.95. The molecule has 1 heterocycles.